The molecule has 1 atom stereocenters. The van der Waals surface area contributed by atoms with Crippen LogP contribution in [0.2, 0.25) is 0 Å². The third kappa shape index (κ3) is 3.69. The Kier molecular flexibility index (Phi) is 5.20. The second kappa shape index (κ2) is 7.40. The Labute approximate surface area is 148 Å². The van der Waals surface area contributed by atoms with Crippen molar-refractivity contribution >= 4 is 23.1 Å². The number of hydrogen-bond acceptors (Lipinski definition) is 9. The Hall–Kier alpha value is -2.50. The first kappa shape index (κ1) is 18.3. The lowest BCUT2D eigenvalue weighted by molar-refractivity contribution is -0.156. The van der Waals surface area contributed by atoms with Gasteiger partial charge in [-0.3, -0.25) is 19.1 Å². The van der Waals surface area contributed by atoms with Gasteiger partial charge in [-0.05, 0) is 12.8 Å². The minimum absolute atomic E-state index is 0.0401. The van der Waals surface area contributed by atoms with E-state index in [1.165, 1.54) is 10.9 Å². The van der Waals surface area contributed by atoms with Crippen LogP contribution in [-0.2, 0) is 21.0 Å². The summed E-state index contributed by atoms with van der Waals surface area (Å²) in [5.41, 5.74) is 10.5. The standard InChI is InChI=1S/C15H22N6O5/c16-14-19-11-10(12(23)20-14)18-7-21(11)8-26-9(5-22)6-25-13(24)15(17)3-1-2-4-15/h7,9,22H,1-6,8,17H2,(H3,16,19,20,23). The molecule has 0 aromatic carbocycles. The molecule has 11 nitrogen and oxygen atoms in total. The molecule has 0 aliphatic heterocycles. The zero-order valence-corrected chi connectivity index (χ0v) is 14.2. The van der Waals surface area contributed by atoms with Gasteiger partial charge >= 0.3 is 5.97 Å². The molecule has 2 aromatic heterocycles. The summed E-state index contributed by atoms with van der Waals surface area (Å²) in [5, 5.41) is 9.44. The van der Waals surface area contributed by atoms with Crippen molar-refractivity contribution in [1.82, 2.24) is 19.5 Å². The molecule has 0 saturated heterocycles. The van der Waals surface area contributed by atoms with Crippen LogP contribution in [0.25, 0.3) is 11.2 Å². The average molecular weight is 366 g/mol. The predicted octanol–water partition coefficient (Wildman–Crippen LogP) is -1.15. The van der Waals surface area contributed by atoms with Crippen LogP contribution in [0.3, 0.4) is 0 Å². The van der Waals surface area contributed by atoms with Crippen LogP contribution >= 0.6 is 0 Å². The van der Waals surface area contributed by atoms with E-state index in [-0.39, 0.29) is 37.1 Å². The van der Waals surface area contributed by atoms with E-state index in [1.54, 1.807) is 0 Å². The van der Waals surface area contributed by atoms with Gasteiger partial charge in [-0.1, -0.05) is 12.8 Å². The van der Waals surface area contributed by atoms with Gasteiger partial charge in [-0.2, -0.15) is 4.98 Å². The van der Waals surface area contributed by atoms with E-state index in [4.69, 9.17) is 20.9 Å². The molecule has 0 bridgehead atoms. The van der Waals surface area contributed by atoms with Crippen LogP contribution in [0, 0.1) is 0 Å². The number of aliphatic hydroxyl groups excluding tert-OH is 1. The first-order chi connectivity index (χ1) is 12.4. The van der Waals surface area contributed by atoms with Crippen LogP contribution in [-0.4, -0.2) is 55.5 Å². The normalized spacial score (nSPS) is 17.5. The molecule has 2 aromatic rings. The number of carbonyl (C=O) groups excluding carboxylic acids is 1. The molecule has 1 aliphatic rings. The number of nitrogens with two attached hydrogens (primary N) is 2. The van der Waals surface area contributed by atoms with Crippen molar-refractivity contribution in [3.63, 3.8) is 0 Å². The highest BCUT2D eigenvalue weighted by Gasteiger charge is 2.38. The summed E-state index contributed by atoms with van der Waals surface area (Å²) in [4.78, 5) is 34.2. The number of esters is 1. The number of aliphatic hydroxyl groups is 1. The highest BCUT2D eigenvalue weighted by atomic mass is 16.6. The molecule has 11 heteroatoms. The van der Waals surface area contributed by atoms with Crippen molar-refractivity contribution in [3.8, 4) is 0 Å². The van der Waals surface area contributed by atoms with Crippen molar-refractivity contribution in [2.24, 2.45) is 5.73 Å². The Balaban J connectivity index is 1.59. The molecule has 2 heterocycles. The third-order valence-electron chi connectivity index (χ3n) is 4.45. The number of rotatable bonds is 7. The van der Waals surface area contributed by atoms with Crippen LogP contribution in [0.1, 0.15) is 25.7 Å². The lowest BCUT2D eigenvalue weighted by Crippen LogP contribution is -2.47. The lowest BCUT2D eigenvalue weighted by Gasteiger charge is -2.23. The second-order valence-corrected chi connectivity index (χ2v) is 6.40. The van der Waals surface area contributed by atoms with Gasteiger partial charge < -0.3 is 26.0 Å². The van der Waals surface area contributed by atoms with Crippen molar-refractivity contribution in [3.05, 3.63) is 16.7 Å². The van der Waals surface area contributed by atoms with Gasteiger partial charge in [0.1, 0.15) is 25.0 Å². The zero-order valence-electron chi connectivity index (χ0n) is 14.2. The van der Waals surface area contributed by atoms with E-state index in [9.17, 15) is 14.7 Å². The fourth-order valence-corrected chi connectivity index (χ4v) is 2.93. The number of ether oxygens (including phenoxy) is 2. The van der Waals surface area contributed by atoms with Gasteiger partial charge in [0.05, 0.1) is 12.9 Å². The van der Waals surface area contributed by atoms with Crippen molar-refractivity contribution in [1.29, 1.82) is 0 Å². The molecule has 142 valence electrons. The summed E-state index contributed by atoms with van der Waals surface area (Å²) in [6.07, 6.45) is 3.61. The Morgan fingerprint density at radius 3 is 2.88 bits per heavy atom. The average Bonchev–Trinajstić information content (AvgIpc) is 3.22. The first-order valence-electron chi connectivity index (χ1n) is 8.32. The monoisotopic (exact) mass is 366 g/mol. The topological polar surface area (TPSA) is 171 Å². The highest BCUT2D eigenvalue weighted by Crippen LogP contribution is 2.28. The number of aromatic nitrogens is 4. The summed E-state index contributed by atoms with van der Waals surface area (Å²) < 4.78 is 12.2. The molecular weight excluding hydrogens is 344 g/mol. The molecular formula is C15H22N6O5. The van der Waals surface area contributed by atoms with Gasteiger partial charge in [0.2, 0.25) is 5.95 Å². The zero-order chi connectivity index (χ0) is 18.7. The van der Waals surface area contributed by atoms with Gasteiger partial charge in [0.15, 0.2) is 11.2 Å². The van der Waals surface area contributed by atoms with E-state index in [2.05, 4.69) is 15.0 Å². The predicted molar refractivity (Wildman–Crippen MR) is 90.9 cm³/mol. The van der Waals surface area contributed by atoms with Crippen LogP contribution in [0.4, 0.5) is 5.95 Å². The van der Waals surface area contributed by atoms with Gasteiger partial charge in [-0.15, -0.1) is 0 Å². The van der Waals surface area contributed by atoms with Gasteiger partial charge in [-0.25, -0.2) is 4.98 Å². The summed E-state index contributed by atoms with van der Waals surface area (Å²) in [7, 11) is 0. The molecule has 1 unspecified atom stereocenters. The van der Waals surface area contributed by atoms with Gasteiger partial charge in [0, 0.05) is 0 Å². The van der Waals surface area contributed by atoms with E-state index in [0.717, 1.165) is 12.8 Å². The molecule has 0 spiro atoms. The highest BCUT2D eigenvalue weighted by molar-refractivity contribution is 5.80. The number of anilines is 1. The van der Waals surface area contributed by atoms with E-state index >= 15 is 0 Å². The largest absolute Gasteiger partial charge is 0.461 e. The van der Waals surface area contributed by atoms with Crippen LogP contribution in [0.5, 0.6) is 0 Å². The number of aromatic amines is 1. The number of H-pyrrole nitrogens is 1. The number of fused-ring (bicyclic) bond motifs is 1. The van der Waals surface area contributed by atoms with Crippen molar-refractivity contribution in [2.75, 3.05) is 18.9 Å². The summed E-state index contributed by atoms with van der Waals surface area (Å²) >= 11 is 0. The second-order valence-electron chi connectivity index (χ2n) is 6.40. The Morgan fingerprint density at radius 1 is 1.46 bits per heavy atom. The maximum atomic E-state index is 12.1. The fraction of sp³-hybridized carbons (Fsp3) is 0.600. The smallest absolute Gasteiger partial charge is 0.326 e. The van der Waals surface area contributed by atoms with E-state index in [0.29, 0.717) is 12.8 Å². The first-order valence-corrected chi connectivity index (χ1v) is 8.32. The number of hydrogen-bond donors (Lipinski definition) is 4. The Morgan fingerprint density at radius 2 is 2.19 bits per heavy atom. The molecule has 1 fully saturated rings. The van der Waals surface area contributed by atoms with Crippen LogP contribution in [0.15, 0.2) is 11.1 Å². The van der Waals surface area contributed by atoms with Crippen LogP contribution < -0.4 is 17.0 Å². The summed E-state index contributed by atoms with van der Waals surface area (Å²) in [5.74, 6) is -0.521. The lowest BCUT2D eigenvalue weighted by atomic mass is 10.00. The SMILES string of the molecule is Nc1nc2c(ncn2COC(CO)COC(=O)C2(N)CCCC2)c(=O)[nH]1. The maximum absolute atomic E-state index is 12.1. The minimum Gasteiger partial charge on any atom is -0.461 e. The van der Waals surface area contributed by atoms with E-state index in [1.807, 2.05) is 0 Å². The van der Waals surface area contributed by atoms with Gasteiger partial charge in [0.25, 0.3) is 5.56 Å². The number of carbonyl (C=O) groups is 1. The van der Waals surface area contributed by atoms with Crippen molar-refractivity contribution in [2.45, 2.75) is 44.1 Å². The number of nitrogen functional groups attached to an aromatic ring is 1. The molecule has 0 radical (unpaired) electrons. The summed E-state index contributed by atoms with van der Waals surface area (Å²) in [6.45, 7) is -0.534. The molecule has 6 N–H and O–H groups in total. The molecule has 3 rings (SSSR count). The Bertz CT molecular complexity index is 841. The molecule has 0 amide bonds. The summed E-state index contributed by atoms with van der Waals surface area (Å²) in [6, 6.07) is 0. The number of nitrogens with zero attached hydrogens (tertiary/aromatic N) is 3. The maximum Gasteiger partial charge on any atom is 0.326 e. The number of imidazole rings is 1. The number of nitrogens with one attached hydrogen (secondary N) is 1. The quantitative estimate of drug-likeness (QED) is 0.441. The fourth-order valence-electron chi connectivity index (χ4n) is 2.93. The molecule has 26 heavy (non-hydrogen) atoms. The minimum atomic E-state index is -0.941. The van der Waals surface area contributed by atoms with E-state index < -0.39 is 23.2 Å². The van der Waals surface area contributed by atoms with Crippen molar-refractivity contribution < 1.29 is 19.4 Å². The molecule has 1 aliphatic carbocycles. The molecule has 1 saturated carbocycles. The third-order valence-corrected chi connectivity index (χ3v) is 4.45.